The molecular weight excluding hydrogens is 516 g/mol. The number of hydrogen-bond donors (Lipinski definition) is 7. The second kappa shape index (κ2) is 14.0. The molecule has 0 aliphatic heterocycles. The van der Waals surface area contributed by atoms with Gasteiger partial charge in [0.2, 0.25) is 0 Å². The number of anilines is 4. The number of benzene rings is 3. The molecule has 0 saturated carbocycles. The SMILES string of the molecule is CNC(=O)c1cccc(N)c1N.CNC(=O)c1cccc([N+](=O)[O-])c1N.Nc1c(C(=O)O)cccc1[N+](=O)[O-]. The third-order valence-corrected chi connectivity index (χ3v) is 4.87. The Morgan fingerprint density at radius 2 is 1.03 bits per heavy atom. The quantitative estimate of drug-likeness (QED) is 0.137. The predicted octanol–water partition coefficient (Wildman–Crippen LogP) is 1.62. The van der Waals surface area contributed by atoms with Gasteiger partial charge in [-0.15, -0.1) is 0 Å². The average Bonchev–Trinajstić information content (AvgIpc) is 2.89. The molecule has 0 bridgehead atoms. The van der Waals surface area contributed by atoms with Gasteiger partial charge in [-0.3, -0.25) is 29.8 Å². The summed E-state index contributed by atoms with van der Waals surface area (Å²) in [5.41, 5.74) is 21.8. The molecule has 3 aromatic rings. The number of nitrogen functional groups attached to an aromatic ring is 4. The minimum absolute atomic E-state index is 0.113. The number of para-hydroxylation sites is 3. The number of hydrogen-bond acceptors (Lipinski definition) is 11. The monoisotopic (exact) mass is 542 g/mol. The molecular formula is C23H26N8O8. The first-order valence-electron chi connectivity index (χ1n) is 10.7. The number of amides is 2. The van der Waals surface area contributed by atoms with Crippen LogP contribution in [-0.4, -0.2) is 46.8 Å². The molecule has 11 N–H and O–H groups in total. The first-order valence-corrected chi connectivity index (χ1v) is 10.7. The zero-order valence-electron chi connectivity index (χ0n) is 20.7. The van der Waals surface area contributed by atoms with E-state index in [4.69, 9.17) is 28.0 Å². The number of carboxylic acid groups (broad SMARTS) is 1. The topological polar surface area (TPSA) is 286 Å². The van der Waals surface area contributed by atoms with Crippen LogP contribution in [0.4, 0.5) is 34.1 Å². The Balaban J connectivity index is 0.000000293. The van der Waals surface area contributed by atoms with E-state index in [1.165, 1.54) is 37.4 Å². The molecule has 0 aliphatic carbocycles. The van der Waals surface area contributed by atoms with Crippen molar-refractivity contribution in [2.24, 2.45) is 0 Å². The number of aromatic carboxylic acids is 1. The molecule has 16 nitrogen and oxygen atoms in total. The first-order chi connectivity index (χ1) is 18.3. The lowest BCUT2D eigenvalue weighted by Gasteiger charge is -2.05. The molecule has 16 heteroatoms. The molecule has 0 aromatic heterocycles. The van der Waals surface area contributed by atoms with E-state index in [1.54, 1.807) is 25.2 Å². The van der Waals surface area contributed by atoms with Gasteiger partial charge in [-0.25, -0.2) is 4.79 Å². The van der Waals surface area contributed by atoms with Crippen molar-refractivity contribution in [1.29, 1.82) is 0 Å². The van der Waals surface area contributed by atoms with Crippen LogP contribution in [0.2, 0.25) is 0 Å². The van der Waals surface area contributed by atoms with Gasteiger partial charge in [0, 0.05) is 26.2 Å². The van der Waals surface area contributed by atoms with Crippen molar-refractivity contribution in [1.82, 2.24) is 10.6 Å². The summed E-state index contributed by atoms with van der Waals surface area (Å²) >= 11 is 0. The van der Waals surface area contributed by atoms with Crippen LogP contribution in [0.1, 0.15) is 31.1 Å². The Bertz CT molecular complexity index is 1380. The second-order valence-corrected chi connectivity index (χ2v) is 7.26. The van der Waals surface area contributed by atoms with Gasteiger partial charge in [0.25, 0.3) is 23.2 Å². The van der Waals surface area contributed by atoms with E-state index in [9.17, 15) is 34.6 Å². The van der Waals surface area contributed by atoms with E-state index >= 15 is 0 Å². The lowest BCUT2D eigenvalue weighted by atomic mass is 10.1. The zero-order valence-corrected chi connectivity index (χ0v) is 20.7. The van der Waals surface area contributed by atoms with Gasteiger partial charge in [-0.1, -0.05) is 18.2 Å². The van der Waals surface area contributed by atoms with Crippen LogP contribution in [0.25, 0.3) is 0 Å². The lowest BCUT2D eigenvalue weighted by molar-refractivity contribution is -0.384. The number of nitrogens with two attached hydrogens (primary N) is 4. The van der Waals surface area contributed by atoms with E-state index in [-0.39, 0.29) is 39.8 Å². The molecule has 0 radical (unpaired) electrons. The number of nitrogens with zero attached hydrogens (tertiary/aromatic N) is 2. The molecule has 0 heterocycles. The van der Waals surface area contributed by atoms with Gasteiger partial charge >= 0.3 is 5.97 Å². The largest absolute Gasteiger partial charge is 0.478 e. The molecule has 0 aliphatic rings. The van der Waals surface area contributed by atoms with Crippen molar-refractivity contribution in [3.63, 3.8) is 0 Å². The number of rotatable bonds is 5. The van der Waals surface area contributed by atoms with Gasteiger partial charge in [0.15, 0.2) is 0 Å². The van der Waals surface area contributed by atoms with Crippen LogP contribution < -0.4 is 33.6 Å². The fraction of sp³-hybridized carbons (Fsp3) is 0.0870. The van der Waals surface area contributed by atoms with Crippen molar-refractivity contribution >= 4 is 51.9 Å². The van der Waals surface area contributed by atoms with E-state index in [0.29, 0.717) is 16.9 Å². The fourth-order valence-electron chi connectivity index (χ4n) is 2.86. The van der Waals surface area contributed by atoms with Gasteiger partial charge in [0.1, 0.15) is 11.4 Å². The Morgan fingerprint density at radius 1 is 0.667 bits per heavy atom. The molecule has 0 saturated heterocycles. The number of carboxylic acids is 1. The molecule has 2 amide bonds. The average molecular weight is 543 g/mol. The van der Waals surface area contributed by atoms with E-state index in [1.807, 2.05) is 0 Å². The van der Waals surface area contributed by atoms with Crippen LogP contribution in [0.15, 0.2) is 54.6 Å². The minimum Gasteiger partial charge on any atom is -0.478 e. The maximum absolute atomic E-state index is 11.2. The number of nitrogens with one attached hydrogen (secondary N) is 2. The summed E-state index contributed by atoms with van der Waals surface area (Å²) in [6.07, 6.45) is 0. The Labute approximate surface area is 220 Å². The molecule has 39 heavy (non-hydrogen) atoms. The van der Waals surface area contributed by atoms with Crippen molar-refractivity contribution in [2.75, 3.05) is 37.0 Å². The molecule has 0 unspecified atom stereocenters. The highest BCUT2D eigenvalue weighted by molar-refractivity contribution is 6.01. The van der Waals surface area contributed by atoms with Crippen LogP contribution in [0.5, 0.6) is 0 Å². The van der Waals surface area contributed by atoms with E-state index in [0.717, 1.165) is 6.07 Å². The lowest BCUT2D eigenvalue weighted by Crippen LogP contribution is -2.19. The first kappa shape index (κ1) is 31.1. The smallest absolute Gasteiger partial charge is 0.338 e. The number of nitro benzene ring substituents is 2. The van der Waals surface area contributed by atoms with Crippen molar-refractivity contribution in [3.8, 4) is 0 Å². The third-order valence-electron chi connectivity index (χ3n) is 4.87. The van der Waals surface area contributed by atoms with E-state index < -0.39 is 21.7 Å². The summed E-state index contributed by atoms with van der Waals surface area (Å²) in [5.74, 6) is -1.94. The van der Waals surface area contributed by atoms with Crippen LogP contribution in [0, 0.1) is 20.2 Å². The van der Waals surface area contributed by atoms with Crippen LogP contribution in [-0.2, 0) is 0 Å². The van der Waals surface area contributed by atoms with Crippen molar-refractivity contribution in [2.45, 2.75) is 0 Å². The normalized spacial score (nSPS) is 9.49. The highest BCUT2D eigenvalue weighted by Crippen LogP contribution is 2.25. The summed E-state index contributed by atoms with van der Waals surface area (Å²) in [5, 5.41) is 34.2. The summed E-state index contributed by atoms with van der Waals surface area (Å²) in [6.45, 7) is 0. The maximum atomic E-state index is 11.2. The van der Waals surface area contributed by atoms with Gasteiger partial charge in [-0.2, -0.15) is 0 Å². The summed E-state index contributed by atoms with van der Waals surface area (Å²) in [6, 6.07) is 12.7. The van der Waals surface area contributed by atoms with Gasteiger partial charge < -0.3 is 38.7 Å². The second-order valence-electron chi connectivity index (χ2n) is 7.26. The van der Waals surface area contributed by atoms with Gasteiger partial charge in [0.05, 0.1) is 37.9 Å². The molecule has 3 rings (SSSR count). The van der Waals surface area contributed by atoms with Crippen LogP contribution in [0.3, 0.4) is 0 Å². The predicted molar refractivity (Wildman–Crippen MR) is 144 cm³/mol. The highest BCUT2D eigenvalue weighted by Gasteiger charge is 2.18. The summed E-state index contributed by atoms with van der Waals surface area (Å²) in [7, 11) is 2.98. The van der Waals surface area contributed by atoms with E-state index in [2.05, 4.69) is 10.6 Å². The molecule has 3 aromatic carbocycles. The Hall–Kier alpha value is -5.93. The standard InChI is InChI=1S/C8H9N3O3.C8H11N3O.C7H6N2O4/c1-10-8(12)5-3-2-4-6(7(5)9)11(13)14;1-11-8(12)5-3-2-4-6(9)7(5)10;8-6-4(7(10)11)2-1-3-5(6)9(12)13/h2-4H,9H2,1H3,(H,10,12);2-4H,9-10H2,1H3,(H,11,12);1-3H,8H2,(H,10,11). The molecule has 0 fully saturated rings. The molecule has 0 atom stereocenters. The van der Waals surface area contributed by atoms with Gasteiger partial charge in [-0.05, 0) is 24.3 Å². The summed E-state index contributed by atoms with van der Waals surface area (Å²) in [4.78, 5) is 52.3. The fourth-order valence-corrected chi connectivity index (χ4v) is 2.86. The molecule has 206 valence electrons. The number of carbonyl (C=O) groups is 3. The number of nitro groups is 2. The highest BCUT2D eigenvalue weighted by atomic mass is 16.6. The third kappa shape index (κ3) is 8.04. The van der Waals surface area contributed by atoms with Crippen LogP contribution >= 0.6 is 0 Å². The maximum Gasteiger partial charge on any atom is 0.338 e. The minimum atomic E-state index is -1.28. The summed E-state index contributed by atoms with van der Waals surface area (Å²) < 4.78 is 0. The van der Waals surface area contributed by atoms with Crippen molar-refractivity contribution in [3.05, 3.63) is 91.5 Å². The van der Waals surface area contributed by atoms with Crippen molar-refractivity contribution < 1.29 is 29.3 Å². The Morgan fingerprint density at radius 3 is 1.41 bits per heavy atom. The zero-order chi connectivity index (χ0) is 29.9. The molecule has 0 spiro atoms. The Kier molecular flexibility index (Phi) is 11.1. The number of carbonyl (C=O) groups excluding carboxylic acids is 2.